The van der Waals surface area contributed by atoms with E-state index in [1.807, 2.05) is 0 Å². The molecular formula is C7H14O. The lowest BCUT2D eigenvalue weighted by molar-refractivity contribution is 0.176. The zero-order valence-electron chi connectivity index (χ0n) is 5.59. The topological polar surface area (TPSA) is 20.2 Å². The summed E-state index contributed by atoms with van der Waals surface area (Å²) < 4.78 is 0. The third-order valence-corrected chi connectivity index (χ3v) is 2.26. The minimum absolute atomic E-state index is 0.000000000000000222. The molecule has 1 aliphatic rings. The average Bonchev–Trinajstić information content (AvgIpc) is 1.85. The molecule has 0 spiro atoms. The van der Waals surface area contributed by atoms with Crippen molar-refractivity contribution in [2.45, 2.75) is 32.8 Å². The summed E-state index contributed by atoms with van der Waals surface area (Å²) in [7, 11) is 0. The SMILES string of the molecule is CC1CC(O)CC1C. The zero-order valence-corrected chi connectivity index (χ0v) is 5.59. The normalized spacial score (nSPS) is 47.6. The second-order valence-corrected chi connectivity index (χ2v) is 3.08. The van der Waals surface area contributed by atoms with Crippen LogP contribution in [0.15, 0.2) is 0 Å². The van der Waals surface area contributed by atoms with E-state index in [1.54, 1.807) is 0 Å². The summed E-state index contributed by atoms with van der Waals surface area (Å²) in [6, 6.07) is 0. The van der Waals surface area contributed by atoms with E-state index >= 15 is 0 Å². The highest BCUT2D eigenvalue weighted by Crippen LogP contribution is 2.30. The fourth-order valence-corrected chi connectivity index (χ4v) is 1.42. The van der Waals surface area contributed by atoms with Crippen LogP contribution in [-0.2, 0) is 0 Å². The van der Waals surface area contributed by atoms with Crippen molar-refractivity contribution in [1.82, 2.24) is 0 Å². The number of hydrogen-bond donors (Lipinski definition) is 1. The minimum atomic E-state index is -0.000000000000000222. The molecule has 0 saturated heterocycles. The van der Waals surface area contributed by atoms with Crippen molar-refractivity contribution in [3.63, 3.8) is 0 Å². The summed E-state index contributed by atoms with van der Waals surface area (Å²) in [6.45, 7) is 4.42. The molecule has 1 rings (SSSR count). The third kappa shape index (κ3) is 1.03. The number of aliphatic hydroxyl groups excluding tert-OH is 1. The summed E-state index contributed by atoms with van der Waals surface area (Å²) >= 11 is 0. The van der Waals surface area contributed by atoms with Gasteiger partial charge in [0.25, 0.3) is 0 Å². The Hall–Kier alpha value is -0.0400. The standard InChI is InChI=1S/C7H14O/c1-5-3-7(8)4-6(5)2/h5-8H,3-4H2,1-2H3. The van der Waals surface area contributed by atoms with Gasteiger partial charge in [-0.1, -0.05) is 13.8 Å². The summed E-state index contributed by atoms with van der Waals surface area (Å²) in [5.41, 5.74) is 0. The monoisotopic (exact) mass is 114 g/mol. The Balaban J connectivity index is 2.39. The second kappa shape index (κ2) is 2.06. The maximum Gasteiger partial charge on any atom is 0.0545 e. The van der Waals surface area contributed by atoms with Crippen molar-refractivity contribution in [3.8, 4) is 0 Å². The molecule has 0 heterocycles. The van der Waals surface area contributed by atoms with Gasteiger partial charge >= 0.3 is 0 Å². The summed E-state index contributed by atoms with van der Waals surface area (Å²) in [5, 5.41) is 9.07. The minimum Gasteiger partial charge on any atom is -0.393 e. The predicted octanol–water partition coefficient (Wildman–Crippen LogP) is 1.41. The van der Waals surface area contributed by atoms with E-state index < -0.39 is 0 Å². The lowest BCUT2D eigenvalue weighted by atomic mass is 10.0. The first-order valence-electron chi connectivity index (χ1n) is 3.38. The maximum absolute atomic E-state index is 9.07. The largest absolute Gasteiger partial charge is 0.393 e. The first-order valence-corrected chi connectivity index (χ1v) is 3.38. The van der Waals surface area contributed by atoms with E-state index in [1.165, 1.54) is 0 Å². The van der Waals surface area contributed by atoms with Gasteiger partial charge in [-0.2, -0.15) is 0 Å². The van der Waals surface area contributed by atoms with E-state index in [0.29, 0.717) is 0 Å². The molecule has 1 fully saturated rings. The average molecular weight is 114 g/mol. The predicted molar refractivity (Wildman–Crippen MR) is 33.6 cm³/mol. The first kappa shape index (κ1) is 6.09. The summed E-state index contributed by atoms with van der Waals surface area (Å²) in [4.78, 5) is 0. The van der Waals surface area contributed by atoms with Crippen molar-refractivity contribution in [1.29, 1.82) is 0 Å². The molecule has 8 heavy (non-hydrogen) atoms. The number of rotatable bonds is 0. The van der Waals surface area contributed by atoms with E-state index in [9.17, 15) is 0 Å². The molecule has 1 saturated carbocycles. The molecule has 0 aliphatic heterocycles. The molecule has 0 aromatic heterocycles. The molecule has 2 unspecified atom stereocenters. The van der Waals surface area contributed by atoms with Gasteiger partial charge in [0.2, 0.25) is 0 Å². The lowest BCUT2D eigenvalue weighted by Crippen LogP contribution is -1.97. The highest BCUT2D eigenvalue weighted by Gasteiger charge is 2.25. The van der Waals surface area contributed by atoms with Crippen molar-refractivity contribution in [2.24, 2.45) is 11.8 Å². The molecule has 2 atom stereocenters. The summed E-state index contributed by atoms with van der Waals surface area (Å²) in [6.07, 6.45) is 2.03. The Kier molecular flexibility index (Phi) is 1.57. The fourth-order valence-electron chi connectivity index (χ4n) is 1.42. The van der Waals surface area contributed by atoms with E-state index in [2.05, 4.69) is 13.8 Å². The van der Waals surface area contributed by atoms with E-state index in [4.69, 9.17) is 5.11 Å². The van der Waals surface area contributed by atoms with Gasteiger partial charge in [-0.15, -0.1) is 0 Å². The Labute approximate surface area is 50.7 Å². The van der Waals surface area contributed by atoms with Gasteiger partial charge < -0.3 is 5.11 Å². The molecule has 0 bridgehead atoms. The van der Waals surface area contributed by atoms with Crippen molar-refractivity contribution >= 4 is 0 Å². The van der Waals surface area contributed by atoms with Crippen LogP contribution in [0.1, 0.15) is 26.7 Å². The van der Waals surface area contributed by atoms with Crippen LogP contribution in [0.5, 0.6) is 0 Å². The van der Waals surface area contributed by atoms with Gasteiger partial charge in [0, 0.05) is 0 Å². The van der Waals surface area contributed by atoms with Crippen LogP contribution < -0.4 is 0 Å². The van der Waals surface area contributed by atoms with Crippen LogP contribution >= 0.6 is 0 Å². The van der Waals surface area contributed by atoms with Crippen LogP contribution in [0.2, 0.25) is 0 Å². The van der Waals surface area contributed by atoms with Crippen molar-refractivity contribution in [2.75, 3.05) is 0 Å². The smallest absolute Gasteiger partial charge is 0.0545 e. The van der Waals surface area contributed by atoms with Gasteiger partial charge in [0.1, 0.15) is 0 Å². The molecule has 1 heteroatoms. The molecule has 0 radical (unpaired) electrons. The van der Waals surface area contributed by atoms with Crippen LogP contribution in [0.4, 0.5) is 0 Å². The highest BCUT2D eigenvalue weighted by molar-refractivity contribution is 4.76. The Morgan fingerprint density at radius 1 is 1.12 bits per heavy atom. The van der Waals surface area contributed by atoms with Crippen molar-refractivity contribution < 1.29 is 5.11 Å². The zero-order chi connectivity index (χ0) is 6.15. The van der Waals surface area contributed by atoms with Crippen LogP contribution in [0, 0.1) is 11.8 Å². The Bertz CT molecular complexity index is 70.5. The second-order valence-electron chi connectivity index (χ2n) is 3.08. The summed E-state index contributed by atoms with van der Waals surface area (Å²) in [5.74, 6) is 1.48. The Morgan fingerprint density at radius 2 is 1.50 bits per heavy atom. The molecule has 1 nitrogen and oxygen atoms in total. The van der Waals surface area contributed by atoms with Crippen LogP contribution in [0.25, 0.3) is 0 Å². The van der Waals surface area contributed by atoms with E-state index in [-0.39, 0.29) is 6.10 Å². The molecular weight excluding hydrogens is 100 g/mol. The third-order valence-electron chi connectivity index (χ3n) is 2.26. The Morgan fingerprint density at radius 3 is 1.62 bits per heavy atom. The first-order chi connectivity index (χ1) is 3.70. The molecule has 1 aliphatic carbocycles. The van der Waals surface area contributed by atoms with Gasteiger partial charge in [-0.3, -0.25) is 0 Å². The van der Waals surface area contributed by atoms with Gasteiger partial charge in [0.05, 0.1) is 6.10 Å². The van der Waals surface area contributed by atoms with Gasteiger partial charge in [-0.05, 0) is 24.7 Å². The molecule has 48 valence electrons. The highest BCUT2D eigenvalue weighted by atomic mass is 16.3. The molecule has 0 aromatic carbocycles. The molecule has 1 N–H and O–H groups in total. The van der Waals surface area contributed by atoms with Crippen LogP contribution in [0.3, 0.4) is 0 Å². The van der Waals surface area contributed by atoms with E-state index in [0.717, 1.165) is 24.7 Å². The fraction of sp³-hybridized carbons (Fsp3) is 1.00. The lowest BCUT2D eigenvalue weighted by Gasteiger charge is -2.04. The number of aliphatic hydroxyl groups is 1. The quantitative estimate of drug-likeness (QED) is 0.505. The van der Waals surface area contributed by atoms with Gasteiger partial charge in [0.15, 0.2) is 0 Å². The number of hydrogen-bond acceptors (Lipinski definition) is 1. The molecule has 0 aromatic rings. The molecule has 0 amide bonds. The maximum atomic E-state index is 9.07. The van der Waals surface area contributed by atoms with Gasteiger partial charge in [-0.25, -0.2) is 0 Å². The van der Waals surface area contributed by atoms with Crippen molar-refractivity contribution in [3.05, 3.63) is 0 Å². The van der Waals surface area contributed by atoms with Crippen LogP contribution in [-0.4, -0.2) is 11.2 Å².